The van der Waals surface area contributed by atoms with Crippen molar-refractivity contribution in [2.75, 3.05) is 13.2 Å². The van der Waals surface area contributed by atoms with Crippen LogP contribution in [0.5, 0.6) is 0 Å². The van der Waals surface area contributed by atoms with Gasteiger partial charge in [0.25, 0.3) is 0 Å². The number of aliphatic hydroxyl groups is 3. The van der Waals surface area contributed by atoms with Gasteiger partial charge in [0.15, 0.2) is 0 Å². The summed E-state index contributed by atoms with van der Waals surface area (Å²) in [5.41, 5.74) is -2.86. The van der Waals surface area contributed by atoms with E-state index in [1.54, 1.807) is 6.92 Å². The van der Waals surface area contributed by atoms with Crippen molar-refractivity contribution in [1.82, 2.24) is 0 Å². The van der Waals surface area contributed by atoms with Crippen molar-refractivity contribution in [3.63, 3.8) is 0 Å². The van der Waals surface area contributed by atoms with E-state index in [2.05, 4.69) is 13.8 Å². The Kier molecular flexibility index (Phi) is 4.88. The molecule has 5 nitrogen and oxygen atoms in total. The number of hydrogen-bond donors (Lipinski definition) is 3. The number of aliphatic hydroxyl groups excluding tert-OH is 1. The summed E-state index contributed by atoms with van der Waals surface area (Å²) >= 11 is 0. The van der Waals surface area contributed by atoms with Crippen molar-refractivity contribution in [1.29, 1.82) is 0 Å². The molecule has 23 heavy (non-hydrogen) atoms. The summed E-state index contributed by atoms with van der Waals surface area (Å²) in [6.07, 6.45) is 3.93. The SMILES string of the molecule is CC(=O)OC[C@]12CCC(C)(C)C[C@H]1[C@@](O)(CCO)[C@@](C)(O)CC2. The van der Waals surface area contributed by atoms with Crippen molar-refractivity contribution in [2.45, 2.75) is 77.4 Å². The largest absolute Gasteiger partial charge is 0.465 e. The van der Waals surface area contributed by atoms with Gasteiger partial charge in [-0.3, -0.25) is 4.79 Å². The molecule has 0 heterocycles. The van der Waals surface area contributed by atoms with Gasteiger partial charge in [-0.1, -0.05) is 13.8 Å². The Balaban J connectivity index is 2.42. The van der Waals surface area contributed by atoms with Gasteiger partial charge in [-0.2, -0.15) is 0 Å². The zero-order valence-electron chi connectivity index (χ0n) is 14.9. The number of fused-ring (bicyclic) bond motifs is 1. The zero-order chi connectivity index (χ0) is 17.5. The number of rotatable bonds is 4. The van der Waals surface area contributed by atoms with Crippen LogP contribution >= 0.6 is 0 Å². The molecule has 134 valence electrons. The van der Waals surface area contributed by atoms with Crippen molar-refractivity contribution in [3.8, 4) is 0 Å². The molecule has 0 aromatic heterocycles. The normalized spacial score (nSPS) is 42.8. The third kappa shape index (κ3) is 3.28. The maximum Gasteiger partial charge on any atom is 0.302 e. The highest BCUT2D eigenvalue weighted by atomic mass is 16.5. The first-order chi connectivity index (χ1) is 10.5. The van der Waals surface area contributed by atoms with Crippen LogP contribution in [0, 0.1) is 16.7 Å². The first-order valence-electron chi connectivity index (χ1n) is 8.67. The summed E-state index contributed by atoms with van der Waals surface area (Å²) in [6.45, 7) is 7.52. The Morgan fingerprint density at radius 3 is 2.30 bits per heavy atom. The van der Waals surface area contributed by atoms with Gasteiger partial charge in [0.05, 0.1) is 17.8 Å². The highest BCUT2D eigenvalue weighted by Crippen LogP contribution is 2.61. The summed E-state index contributed by atoms with van der Waals surface area (Å²) in [6, 6.07) is 0. The lowest BCUT2D eigenvalue weighted by Crippen LogP contribution is -2.68. The average Bonchev–Trinajstić information content (AvgIpc) is 2.43. The van der Waals surface area contributed by atoms with Crippen molar-refractivity contribution < 1.29 is 24.9 Å². The maximum atomic E-state index is 11.4. The molecule has 0 aromatic carbocycles. The minimum Gasteiger partial charge on any atom is -0.465 e. The molecule has 3 N–H and O–H groups in total. The van der Waals surface area contributed by atoms with E-state index in [9.17, 15) is 20.1 Å². The fourth-order valence-corrected chi connectivity index (χ4v) is 4.80. The van der Waals surface area contributed by atoms with Gasteiger partial charge in [0.2, 0.25) is 0 Å². The summed E-state index contributed by atoms with van der Waals surface area (Å²) < 4.78 is 5.36. The number of hydrogen-bond acceptors (Lipinski definition) is 5. The second-order valence-electron chi connectivity index (χ2n) is 8.74. The van der Waals surface area contributed by atoms with Gasteiger partial charge >= 0.3 is 5.97 Å². The van der Waals surface area contributed by atoms with Gasteiger partial charge < -0.3 is 20.1 Å². The van der Waals surface area contributed by atoms with Crippen molar-refractivity contribution in [3.05, 3.63) is 0 Å². The van der Waals surface area contributed by atoms with E-state index in [1.165, 1.54) is 6.92 Å². The zero-order valence-corrected chi connectivity index (χ0v) is 14.9. The van der Waals surface area contributed by atoms with Crippen molar-refractivity contribution >= 4 is 5.97 Å². The quantitative estimate of drug-likeness (QED) is 0.687. The summed E-state index contributed by atoms with van der Waals surface area (Å²) in [7, 11) is 0. The standard InChI is InChI=1S/C18H32O5/c1-13(20)23-12-17-7-5-15(2,3)11-14(17)18(22,9-10-19)16(4,21)6-8-17/h14,19,21-22H,5-12H2,1-4H3/t14-,16+,17-,18+/m1/s1. The van der Waals surface area contributed by atoms with E-state index in [-0.39, 0.29) is 42.4 Å². The average molecular weight is 328 g/mol. The molecule has 2 aliphatic carbocycles. The molecule has 2 aliphatic rings. The van der Waals surface area contributed by atoms with Gasteiger partial charge in [0.1, 0.15) is 0 Å². The van der Waals surface area contributed by atoms with Crippen LogP contribution in [0.2, 0.25) is 0 Å². The van der Waals surface area contributed by atoms with Crippen LogP contribution in [0.1, 0.15) is 66.2 Å². The highest BCUT2D eigenvalue weighted by Gasteiger charge is 2.64. The molecule has 0 aliphatic heterocycles. The fraction of sp³-hybridized carbons (Fsp3) is 0.944. The van der Waals surface area contributed by atoms with E-state index >= 15 is 0 Å². The lowest BCUT2D eigenvalue weighted by atomic mass is 9.46. The predicted molar refractivity (Wildman–Crippen MR) is 86.7 cm³/mol. The Labute approximate surface area is 139 Å². The van der Waals surface area contributed by atoms with Gasteiger partial charge in [-0.15, -0.1) is 0 Å². The Bertz CT molecular complexity index is 454. The molecule has 2 fully saturated rings. The molecule has 0 radical (unpaired) electrons. The van der Waals surface area contributed by atoms with Crippen LogP contribution in [0.15, 0.2) is 0 Å². The molecule has 0 saturated heterocycles. The molecule has 0 unspecified atom stereocenters. The number of carbonyl (C=O) groups excluding carboxylic acids is 1. The fourth-order valence-electron chi connectivity index (χ4n) is 4.80. The molecule has 0 amide bonds. The second-order valence-corrected chi connectivity index (χ2v) is 8.74. The second kappa shape index (κ2) is 6.01. The smallest absolute Gasteiger partial charge is 0.302 e. The van der Waals surface area contributed by atoms with Crippen LogP contribution < -0.4 is 0 Å². The maximum absolute atomic E-state index is 11.4. The van der Waals surface area contributed by atoms with Crippen LogP contribution in [0.25, 0.3) is 0 Å². The number of ether oxygens (including phenoxy) is 1. The minimum atomic E-state index is -1.36. The molecule has 4 atom stereocenters. The molecular formula is C18H32O5. The topological polar surface area (TPSA) is 87.0 Å². The summed E-state index contributed by atoms with van der Waals surface area (Å²) in [4.78, 5) is 11.3. The van der Waals surface area contributed by atoms with Gasteiger partial charge in [-0.25, -0.2) is 0 Å². The Hall–Kier alpha value is -0.650. The first kappa shape index (κ1) is 18.7. The van der Waals surface area contributed by atoms with E-state index in [0.717, 1.165) is 25.7 Å². The monoisotopic (exact) mass is 328 g/mol. The summed E-state index contributed by atoms with van der Waals surface area (Å²) in [5, 5.41) is 31.7. The Morgan fingerprint density at radius 1 is 1.13 bits per heavy atom. The molecule has 5 heteroatoms. The predicted octanol–water partition coefficient (Wildman–Crippen LogP) is 2.02. The third-order valence-corrected chi connectivity index (χ3v) is 6.47. The van der Waals surface area contributed by atoms with E-state index in [4.69, 9.17) is 4.74 Å². The molecular weight excluding hydrogens is 296 g/mol. The van der Waals surface area contributed by atoms with Crippen LogP contribution in [0.3, 0.4) is 0 Å². The molecule has 2 rings (SSSR count). The van der Waals surface area contributed by atoms with E-state index < -0.39 is 11.2 Å². The van der Waals surface area contributed by atoms with Gasteiger partial charge in [-0.05, 0) is 50.4 Å². The summed E-state index contributed by atoms with van der Waals surface area (Å²) in [5.74, 6) is -0.514. The molecule has 2 saturated carbocycles. The highest BCUT2D eigenvalue weighted by molar-refractivity contribution is 5.65. The molecule has 0 aromatic rings. The third-order valence-electron chi connectivity index (χ3n) is 6.47. The Morgan fingerprint density at radius 2 is 1.74 bits per heavy atom. The minimum absolute atomic E-state index is 0.0568. The molecule has 0 spiro atoms. The van der Waals surface area contributed by atoms with Crippen LogP contribution in [-0.4, -0.2) is 45.7 Å². The number of esters is 1. The van der Waals surface area contributed by atoms with Gasteiger partial charge in [0, 0.05) is 25.4 Å². The van der Waals surface area contributed by atoms with Crippen LogP contribution in [0.4, 0.5) is 0 Å². The first-order valence-corrected chi connectivity index (χ1v) is 8.67. The number of carbonyl (C=O) groups is 1. The van der Waals surface area contributed by atoms with Crippen LogP contribution in [-0.2, 0) is 9.53 Å². The van der Waals surface area contributed by atoms with E-state index in [1.807, 2.05) is 0 Å². The lowest BCUT2D eigenvalue weighted by Gasteiger charge is -2.62. The van der Waals surface area contributed by atoms with E-state index in [0.29, 0.717) is 6.42 Å². The lowest BCUT2D eigenvalue weighted by molar-refractivity contribution is -0.260. The molecule has 0 bridgehead atoms. The van der Waals surface area contributed by atoms with Crippen molar-refractivity contribution in [2.24, 2.45) is 16.7 Å².